The number of hydrogen-bond donors (Lipinski definition) is 2. The van der Waals surface area contributed by atoms with E-state index in [9.17, 15) is 4.79 Å². The Bertz CT molecular complexity index is 359. The molecule has 0 saturated carbocycles. The van der Waals surface area contributed by atoms with Gasteiger partial charge in [-0.05, 0) is 13.3 Å². The Kier molecular flexibility index (Phi) is 4.34. The maximum Gasteiger partial charge on any atom is 0.256 e. The van der Waals surface area contributed by atoms with Crippen LogP contribution in [0.15, 0.2) is 6.20 Å². The monoisotopic (exact) mass is 224 g/mol. The van der Waals surface area contributed by atoms with Crippen molar-refractivity contribution in [2.24, 2.45) is 7.05 Å². The Morgan fingerprint density at radius 2 is 2.38 bits per heavy atom. The van der Waals surface area contributed by atoms with E-state index in [2.05, 4.69) is 17.3 Å². The Labute approximate surface area is 96.0 Å². The fourth-order valence-electron chi connectivity index (χ4n) is 1.51. The minimum atomic E-state index is -0.144. The van der Waals surface area contributed by atoms with Crippen molar-refractivity contribution in [3.8, 4) is 0 Å². The Balaban J connectivity index is 2.55. The molecule has 0 saturated heterocycles. The fraction of sp³-hybridized carbons (Fsp3) is 0.636. The van der Waals surface area contributed by atoms with Crippen molar-refractivity contribution in [1.29, 1.82) is 0 Å². The Hall–Kier alpha value is -1.52. The molecule has 1 amide bonds. The second-order valence-electron chi connectivity index (χ2n) is 4.08. The predicted molar refractivity (Wildman–Crippen MR) is 64.1 cm³/mol. The highest BCUT2D eigenvalue weighted by atomic mass is 16.1. The van der Waals surface area contributed by atoms with Gasteiger partial charge in [0.2, 0.25) is 0 Å². The normalized spacial score (nSPS) is 12.4. The molecule has 90 valence electrons. The van der Waals surface area contributed by atoms with Crippen LogP contribution in [0.25, 0.3) is 0 Å². The molecule has 1 atom stereocenters. The molecule has 1 aromatic rings. The number of carbonyl (C=O) groups excluding carboxylic acids is 1. The van der Waals surface area contributed by atoms with Gasteiger partial charge >= 0.3 is 0 Å². The molecule has 1 heterocycles. The van der Waals surface area contributed by atoms with E-state index < -0.39 is 0 Å². The van der Waals surface area contributed by atoms with Crippen LogP contribution >= 0.6 is 0 Å². The number of hydrogen-bond acceptors (Lipinski definition) is 3. The summed E-state index contributed by atoms with van der Waals surface area (Å²) in [6, 6.07) is 0.173. The van der Waals surface area contributed by atoms with Crippen LogP contribution in [0.2, 0.25) is 0 Å². The molecular weight excluding hydrogens is 204 g/mol. The molecule has 0 fully saturated rings. The molecule has 1 rings (SSSR count). The van der Waals surface area contributed by atoms with Crippen molar-refractivity contribution in [3.05, 3.63) is 11.8 Å². The molecule has 0 aromatic carbocycles. The standard InChI is InChI=1S/C11H20N4O/c1-4-5-6-8(2)14-11(16)9-7-13-15(3)10(9)12/h7-8H,4-6,12H2,1-3H3,(H,14,16). The van der Waals surface area contributed by atoms with E-state index in [4.69, 9.17) is 5.73 Å². The van der Waals surface area contributed by atoms with Gasteiger partial charge in [-0.15, -0.1) is 0 Å². The molecule has 0 bridgehead atoms. The number of unbranched alkanes of at least 4 members (excludes halogenated alkanes) is 1. The van der Waals surface area contributed by atoms with Gasteiger partial charge in [-0.25, -0.2) is 0 Å². The number of nitrogens with zero attached hydrogens (tertiary/aromatic N) is 2. The van der Waals surface area contributed by atoms with Crippen molar-refractivity contribution >= 4 is 11.7 Å². The Morgan fingerprint density at radius 1 is 1.69 bits per heavy atom. The second kappa shape index (κ2) is 5.53. The highest BCUT2D eigenvalue weighted by Gasteiger charge is 2.15. The van der Waals surface area contributed by atoms with Crippen LogP contribution in [0.3, 0.4) is 0 Å². The van der Waals surface area contributed by atoms with Crippen LogP contribution in [-0.4, -0.2) is 21.7 Å². The van der Waals surface area contributed by atoms with Gasteiger partial charge in [-0.3, -0.25) is 9.48 Å². The topological polar surface area (TPSA) is 72.9 Å². The summed E-state index contributed by atoms with van der Waals surface area (Å²) < 4.78 is 1.49. The predicted octanol–water partition coefficient (Wildman–Crippen LogP) is 1.31. The number of aryl methyl sites for hydroxylation is 1. The molecule has 5 nitrogen and oxygen atoms in total. The van der Waals surface area contributed by atoms with Gasteiger partial charge in [-0.2, -0.15) is 5.10 Å². The van der Waals surface area contributed by atoms with E-state index >= 15 is 0 Å². The lowest BCUT2D eigenvalue weighted by Crippen LogP contribution is -2.32. The summed E-state index contributed by atoms with van der Waals surface area (Å²) >= 11 is 0. The van der Waals surface area contributed by atoms with Gasteiger partial charge < -0.3 is 11.1 Å². The quantitative estimate of drug-likeness (QED) is 0.792. The van der Waals surface area contributed by atoms with E-state index in [-0.39, 0.29) is 11.9 Å². The molecule has 3 N–H and O–H groups in total. The molecule has 0 aliphatic heterocycles. The van der Waals surface area contributed by atoms with Gasteiger partial charge in [0.1, 0.15) is 11.4 Å². The minimum absolute atomic E-state index is 0.144. The summed E-state index contributed by atoms with van der Waals surface area (Å²) in [5.74, 6) is 0.259. The highest BCUT2D eigenvalue weighted by molar-refractivity contribution is 5.98. The van der Waals surface area contributed by atoms with Gasteiger partial charge in [-0.1, -0.05) is 19.8 Å². The van der Waals surface area contributed by atoms with Crippen LogP contribution in [-0.2, 0) is 7.05 Å². The minimum Gasteiger partial charge on any atom is -0.383 e. The molecule has 0 aliphatic rings. The van der Waals surface area contributed by atoms with E-state index in [0.29, 0.717) is 11.4 Å². The summed E-state index contributed by atoms with van der Waals surface area (Å²) in [5, 5.41) is 6.85. The summed E-state index contributed by atoms with van der Waals surface area (Å²) in [7, 11) is 1.71. The van der Waals surface area contributed by atoms with Crippen LogP contribution < -0.4 is 11.1 Å². The van der Waals surface area contributed by atoms with Gasteiger partial charge in [0.25, 0.3) is 5.91 Å². The zero-order chi connectivity index (χ0) is 12.1. The van der Waals surface area contributed by atoms with Gasteiger partial charge in [0.05, 0.1) is 6.20 Å². The molecule has 0 aliphatic carbocycles. The van der Waals surface area contributed by atoms with Gasteiger partial charge in [0.15, 0.2) is 0 Å². The number of nitrogens with two attached hydrogens (primary N) is 1. The van der Waals surface area contributed by atoms with Gasteiger partial charge in [0, 0.05) is 13.1 Å². The van der Waals surface area contributed by atoms with Crippen molar-refractivity contribution in [2.45, 2.75) is 39.2 Å². The molecule has 5 heteroatoms. The fourth-order valence-corrected chi connectivity index (χ4v) is 1.51. The molecular formula is C11H20N4O. The first-order chi connectivity index (χ1) is 7.56. The first-order valence-corrected chi connectivity index (χ1v) is 5.64. The number of nitrogen functional groups attached to an aromatic ring is 1. The summed E-state index contributed by atoms with van der Waals surface area (Å²) in [6.45, 7) is 4.13. The van der Waals surface area contributed by atoms with Crippen LogP contribution in [0.4, 0.5) is 5.82 Å². The maximum atomic E-state index is 11.8. The summed E-state index contributed by atoms with van der Waals surface area (Å²) in [6.07, 6.45) is 4.73. The number of carbonyl (C=O) groups is 1. The third-order valence-corrected chi connectivity index (χ3v) is 2.60. The largest absolute Gasteiger partial charge is 0.383 e. The van der Waals surface area contributed by atoms with E-state index in [0.717, 1.165) is 19.3 Å². The lowest BCUT2D eigenvalue weighted by molar-refractivity contribution is 0.0939. The zero-order valence-electron chi connectivity index (χ0n) is 10.2. The molecule has 16 heavy (non-hydrogen) atoms. The second-order valence-corrected chi connectivity index (χ2v) is 4.08. The molecule has 1 aromatic heterocycles. The first-order valence-electron chi connectivity index (χ1n) is 5.64. The van der Waals surface area contributed by atoms with Crippen LogP contribution in [0, 0.1) is 0 Å². The van der Waals surface area contributed by atoms with Crippen LogP contribution in [0.5, 0.6) is 0 Å². The first kappa shape index (κ1) is 12.5. The molecule has 1 unspecified atom stereocenters. The SMILES string of the molecule is CCCCC(C)NC(=O)c1cnn(C)c1N. The average molecular weight is 224 g/mol. The molecule has 0 spiro atoms. The lowest BCUT2D eigenvalue weighted by atomic mass is 10.1. The van der Waals surface area contributed by atoms with Crippen molar-refractivity contribution in [1.82, 2.24) is 15.1 Å². The third kappa shape index (κ3) is 2.98. The van der Waals surface area contributed by atoms with Crippen molar-refractivity contribution in [3.63, 3.8) is 0 Å². The Morgan fingerprint density at radius 3 is 2.88 bits per heavy atom. The third-order valence-electron chi connectivity index (χ3n) is 2.60. The van der Waals surface area contributed by atoms with E-state index in [1.165, 1.54) is 10.9 Å². The number of nitrogens with one attached hydrogen (secondary N) is 1. The van der Waals surface area contributed by atoms with Crippen LogP contribution in [0.1, 0.15) is 43.5 Å². The smallest absolute Gasteiger partial charge is 0.256 e. The van der Waals surface area contributed by atoms with Crippen molar-refractivity contribution < 1.29 is 4.79 Å². The number of anilines is 1. The summed E-state index contributed by atoms with van der Waals surface area (Å²) in [4.78, 5) is 11.8. The van der Waals surface area contributed by atoms with E-state index in [1.807, 2.05) is 6.92 Å². The maximum absolute atomic E-state index is 11.8. The zero-order valence-corrected chi connectivity index (χ0v) is 10.2. The number of amides is 1. The number of rotatable bonds is 5. The van der Waals surface area contributed by atoms with E-state index in [1.54, 1.807) is 7.05 Å². The van der Waals surface area contributed by atoms with Crippen molar-refractivity contribution in [2.75, 3.05) is 5.73 Å². The average Bonchev–Trinajstić information content (AvgIpc) is 2.57. The lowest BCUT2D eigenvalue weighted by Gasteiger charge is -2.12. The number of aromatic nitrogens is 2. The summed E-state index contributed by atoms with van der Waals surface area (Å²) in [5.41, 5.74) is 6.17. The molecule has 0 radical (unpaired) electrons. The highest BCUT2D eigenvalue weighted by Crippen LogP contribution is 2.09.